The maximum atomic E-state index is 14.9. The van der Waals surface area contributed by atoms with E-state index in [9.17, 15) is 32.9 Å². The van der Waals surface area contributed by atoms with E-state index in [2.05, 4.69) is 4.99 Å². The fourth-order valence-corrected chi connectivity index (χ4v) is 3.35. The molecule has 0 spiro atoms. The molecule has 0 radical (unpaired) electrons. The maximum absolute atomic E-state index is 14.9. The highest BCUT2D eigenvalue weighted by Crippen LogP contribution is 2.33. The predicted octanol–water partition coefficient (Wildman–Crippen LogP) is 4.34. The predicted molar refractivity (Wildman–Crippen MR) is 102 cm³/mol. The van der Waals surface area contributed by atoms with Crippen LogP contribution < -0.4 is 0 Å². The van der Waals surface area contributed by atoms with Gasteiger partial charge >= 0.3 is 11.7 Å². The number of hydrogen-bond donors (Lipinski definition) is 0. The van der Waals surface area contributed by atoms with Crippen LogP contribution in [0.15, 0.2) is 4.99 Å². The lowest BCUT2D eigenvalue weighted by molar-refractivity contribution is -0.388. The first kappa shape index (κ1) is 23.5. The summed E-state index contributed by atoms with van der Waals surface area (Å²) >= 11 is 0. The minimum Gasteiger partial charge on any atom is -0.465 e. The summed E-state index contributed by atoms with van der Waals surface area (Å²) in [5.41, 5.74) is -3.74. The fourth-order valence-electron chi connectivity index (χ4n) is 3.35. The molecule has 0 aliphatic heterocycles. The van der Waals surface area contributed by atoms with Crippen molar-refractivity contribution < 1.29 is 32.4 Å². The van der Waals surface area contributed by atoms with Crippen LogP contribution in [0.3, 0.4) is 0 Å². The van der Waals surface area contributed by atoms with E-state index in [4.69, 9.17) is 4.74 Å². The second-order valence-electron chi connectivity index (χ2n) is 7.00. The normalized spacial score (nSPS) is 15.5. The van der Waals surface area contributed by atoms with Gasteiger partial charge < -0.3 is 4.74 Å². The molecule has 1 saturated carbocycles. The van der Waals surface area contributed by atoms with Gasteiger partial charge in [-0.3, -0.25) is 24.7 Å². The molecule has 30 heavy (non-hydrogen) atoms. The van der Waals surface area contributed by atoms with Crippen molar-refractivity contribution >= 4 is 23.7 Å². The molecule has 10 heteroatoms. The summed E-state index contributed by atoms with van der Waals surface area (Å²) in [5.74, 6) is -9.52. The number of aliphatic imine (C=N–C) groups is 1. The molecule has 0 aromatic heterocycles. The highest BCUT2D eigenvalue weighted by atomic mass is 19.2. The van der Waals surface area contributed by atoms with Gasteiger partial charge in [0.05, 0.1) is 11.5 Å². The molecule has 0 amide bonds. The first-order valence-electron chi connectivity index (χ1n) is 9.82. The van der Waals surface area contributed by atoms with Gasteiger partial charge in [-0.1, -0.05) is 26.7 Å². The largest absolute Gasteiger partial charge is 0.465 e. The second-order valence-corrected chi connectivity index (χ2v) is 7.00. The minimum atomic E-state index is -1.95. The number of esters is 1. The molecular weight excluding hydrogens is 405 g/mol. The Balaban J connectivity index is 2.59. The van der Waals surface area contributed by atoms with Crippen LogP contribution in [0.4, 0.5) is 18.9 Å². The number of nitro groups is 1. The Labute approximate surface area is 171 Å². The average molecular weight is 428 g/mol. The Morgan fingerprint density at radius 2 is 1.83 bits per heavy atom. The molecule has 1 atom stereocenters. The summed E-state index contributed by atoms with van der Waals surface area (Å²) in [6.45, 7) is 2.97. The SMILES string of the molecule is CCCOC(=O)C(C=NC1CCCC1)C(=O)c1c(F)c(CC)c(F)c(F)c1[N+](=O)[O-]. The van der Waals surface area contributed by atoms with Gasteiger partial charge in [-0.2, -0.15) is 4.39 Å². The number of rotatable bonds is 9. The number of carbonyl (C=O) groups excluding carboxylic acids is 2. The van der Waals surface area contributed by atoms with Crippen LogP contribution in [0.2, 0.25) is 0 Å². The Morgan fingerprint density at radius 1 is 1.20 bits per heavy atom. The third kappa shape index (κ3) is 4.85. The molecule has 1 aromatic rings. The number of Topliss-reactive ketones (excluding diaryl/α,β-unsaturated/α-hetero) is 1. The summed E-state index contributed by atoms with van der Waals surface area (Å²) < 4.78 is 48.2. The van der Waals surface area contributed by atoms with Gasteiger partial charge in [-0.05, 0) is 25.7 Å². The third-order valence-electron chi connectivity index (χ3n) is 4.92. The van der Waals surface area contributed by atoms with E-state index in [0.717, 1.165) is 31.9 Å². The molecule has 1 fully saturated rings. The number of ketones is 1. The first-order valence-corrected chi connectivity index (χ1v) is 9.82. The van der Waals surface area contributed by atoms with Gasteiger partial charge in [0.25, 0.3) is 0 Å². The molecule has 164 valence electrons. The highest BCUT2D eigenvalue weighted by Gasteiger charge is 2.40. The van der Waals surface area contributed by atoms with Crippen LogP contribution in [0, 0.1) is 33.5 Å². The van der Waals surface area contributed by atoms with Crippen LogP contribution in [-0.4, -0.2) is 35.5 Å². The molecular formula is C20H23F3N2O5. The zero-order chi connectivity index (χ0) is 22.4. The Kier molecular flexibility index (Phi) is 8.08. The van der Waals surface area contributed by atoms with Gasteiger partial charge in [-0.25, -0.2) is 8.78 Å². The van der Waals surface area contributed by atoms with E-state index >= 15 is 0 Å². The molecule has 1 aliphatic carbocycles. The van der Waals surface area contributed by atoms with E-state index in [0.29, 0.717) is 6.42 Å². The number of hydrogen-bond acceptors (Lipinski definition) is 6. The number of halogens is 3. The second kappa shape index (κ2) is 10.3. The van der Waals surface area contributed by atoms with Gasteiger partial charge in [0.15, 0.2) is 17.5 Å². The van der Waals surface area contributed by atoms with Crippen LogP contribution >= 0.6 is 0 Å². The van der Waals surface area contributed by atoms with Crippen LogP contribution in [0.1, 0.15) is 61.9 Å². The number of nitro benzene ring substituents is 1. The number of ether oxygens (including phenoxy) is 1. The monoisotopic (exact) mass is 428 g/mol. The standard InChI is InChI=1S/C20H23F3N2O5/c1-3-9-30-20(27)13(10-24-11-7-5-6-8-11)19(26)14-15(21)12(4-2)16(22)17(23)18(14)25(28)29/h10-11,13H,3-9H2,1-2H3. The Bertz CT molecular complexity index is 867. The van der Waals surface area contributed by atoms with Crippen molar-refractivity contribution in [2.45, 2.75) is 58.4 Å². The summed E-state index contributed by atoms with van der Waals surface area (Å²) in [5, 5.41) is 11.3. The molecule has 0 N–H and O–H groups in total. The zero-order valence-corrected chi connectivity index (χ0v) is 16.8. The Hall–Kier alpha value is -2.78. The first-order chi connectivity index (χ1) is 14.2. The zero-order valence-electron chi connectivity index (χ0n) is 16.8. The van der Waals surface area contributed by atoms with Gasteiger partial charge in [0.2, 0.25) is 5.82 Å². The van der Waals surface area contributed by atoms with Crippen molar-refractivity contribution in [1.29, 1.82) is 0 Å². The lowest BCUT2D eigenvalue weighted by atomic mass is 9.93. The Morgan fingerprint density at radius 3 is 2.37 bits per heavy atom. The molecule has 7 nitrogen and oxygen atoms in total. The van der Waals surface area contributed by atoms with E-state index < -0.39 is 56.9 Å². The summed E-state index contributed by atoms with van der Waals surface area (Å²) in [7, 11) is 0. The third-order valence-corrected chi connectivity index (χ3v) is 4.92. The molecule has 1 unspecified atom stereocenters. The summed E-state index contributed by atoms with van der Waals surface area (Å²) in [6, 6.07) is -0.143. The van der Waals surface area contributed by atoms with Crippen molar-refractivity contribution in [1.82, 2.24) is 0 Å². The van der Waals surface area contributed by atoms with Gasteiger partial charge in [0, 0.05) is 17.8 Å². The maximum Gasteiger partial charge on any atom is 0.322 e. The lowest BCUT2D eigenvalue weighted by Crippen LogP contribution is -2.30. The molecule has 0 saturated heterocycles. The van der Waals surface area contributed by atoms with E-state index in [1.165, 1.54) is 6.92 Å². The number of benzene rings is 1. The van der Waals surface area contributed by atoms with Gasteiger partial charge in [0.1, 0.15) is 11.4 Å². The topological polar surface area (TPSA) is 98.9 Å². The van der Waals surface area contributed by atoms with Crippen LogP contribution in [-0.2, 0) is 16.0 Å². The lowest BCUT2D eigenvalue weighted by Gasteiger charge is -2.15. The van der Waals surface area contributed by atoms with Crippen molar-refractivity contribution in [2.75, 3.05) is 6.61 Å². The molecule has 2 rings (SSSR count). The van der Waals surface area contributed by atoms with Gasteiger partial charge in [-0.15, -0.1) is 0 Å². The van der Waals surface area contributed by atoms with E-state index in [-0.39, 0.29) is 19.1 Å². The highest BCUT2D eigenvalue weighted by molar-refractivity contribution is 6.20. The van der Waals surface area contributed by atoms with Crippen LogP contribution in [0.25, 0.3) is 0 Å². The summed E-state index contributed by atoms with van der Waals surface area (Å²) in [4.78, 5) is 39.5. The quantitative estimate of drug-likeness (QED) is 0.111. The minimum absolute atomic E-state index is 0.0392. The number of carbonyl (C=O) groups is 2. The van der Waals surface area contributed by atoms with E-state index in [1.54, 1.807) is 6.92 Å². The summed E-state index contributed by atoms with van der Waals surface area (Å²) in [6.07, 6.45) is 4.38. The smallest absolute Gasteiger partial charge is 0.322 e. The van der Waals surface area contributed by atoms with E-state index in [1.807, 2.05) is 0 Å². The van der Waals surface area contributed by atoms with Crippen molar-refractivity contribution in [2.24, 2.45) is 10.9 Å². The average Bonchev–Trinajstić information content (AvgIpc) is 3.22. The van der Waals surface area contributed by atoms with Crippen molar-refractivity contribution in [3.8, 4) is 0 Å². The van der Waals surface area contributed by atoms with Crippen molar-refractivity contribution in [3.05, 3.63) is 38.7 Å². The molecule has 0 heterocycles. The molecule has 0 bridgehead atoms. The van der Waals surface area contributed by atoms with Crippen molar-refractivity contribution in [3.63, 3.8) is 0 Å². The molecule has 1 aliphatic rings. The number of nitrogens with zero attached hydrogens (tertiary/aromatic N) is 2. The fraction of sp³-hybridized carbons (Fsp3) is 0.550. The van der Waals surface area contributed by atoms with Crippen LogP contribution in [0.5, 0.6) is 0 Å². The molecule has 1 aromatic carbocycles.